The Kier molecular flexibility index (Phi) is 13.2. The van der Waals surface area contributed by atoms with E-state index in [1.54, 1.807) is 0 Å². The predicted octanol–water partition coefficient (Wildman–Crippen LogP) is 10.7. The van der Waals surface area contributed by atoms with E-state index in [4.69, 9.17) is 9.47 Å². The molecule has 1 unspecified atom stereocenters. The fourth-order valence-corrected chi connectivity index (χ4v) is 7.20. The standard InChI is InChI=1S/C39H54N4O4.4CH4/c1-13-38(10,22-34(2,3)32(44)46-12)33(45)47-23-39(11)30-20-18-28(42-30)36(6,7)26-16-14-24(40-26)35(4,5)25-15-17-27(41-25)37(8,9)29-19-21-31(39)43-29;;;;/h14-21,40-43H,13,22-23H2,1-12H3;4*1H4. The molecule has 5 heterocycles. The van der Waals surface area contributed by atoms with E-state index in [-0.39, 0.29) is 64.5 Å². The Labute approximate surface area is 309 Å². The van der Waals surface area contributed by atoms with Crippen molar-refractivity contribution in [2.24, 2.45) is 10.8 Å². The van der Waals surface area contributed by atoms with E-state index in [2.05, 4.69) is 117 Å². The molecule has 8 nitrogen and oxygen atoms in total. The third-order valence-corrected chi connectivity index (χ3v) is 11.3. The van der Waals surface area contributed by atoms with Gasteiger partial charge in [0, 0.05) is 61.8 Å². The van der Waals surface area contributed by atoms with Crippen LogP contribution in [0.5, 0.6) is 0 Å². The maximum absolute atomic E-state index is 13.9. The highest BCUT2D eigenvalue weighted by Gasteiger charge is 2.45. The second-order valence-corrected chi connectivity index (χ2v) is 16.4. The van der Waals surface area contributed by atoms with Crippen molar-refractivity contribution in [1.82, 2.24) is 19.9 Å². The lowest BCUT2D eigenvalue weighted by Crippen LogP contribution is -2.40. The van der Waals surface area contributed by atoms with Gasteiger partial charge in [0.05, 0.1) is 23.4 Å². The first-order valence-corrected chi connectivity index (χ1v) is 16.8. The number of hydrogen-bond donors (Lipinski definition) is 4. The molecule has 8 bridgehead atoms. The second-order valence-electron chi connectivity index (χ2n) is 16.4. The summed E-state index contributed by atoms with van der Waals surface area (Å²) in [7, 11) is 1.38. The zero-order valence-corrected chi connectivity index (χ0v) is 30.4. The van der Waals surface area contributed by atoms with Gasteiger partial charge in [0.15, 0.2) is 0 Å². The highest BCUT2D eigenvalue weighted by molar-refractivity contribution is 5.80. The van der Waals surface area contributed by atoms with Crippen LogP contribution in [0.1, 0.15) is 164 Å². The van der Waals surface area contributed by atoms with Crippen molar-refractivity contribution >= 4 is 11.9 Å². The summed E-state index contributed by atoms with van der Waals surface area (Å²) in [6.45, 7) is 23.0. The van der Waals surface area contributed by atoms with Crippen LogP contribution in [0.25, 0.3) is 0 Å². The zero-order chi connectivity index (χ0) is 34.8. The molecule has 286 valence electrons. The lowest BCUT2D eigenvalue weighted by atomic mass is 9.72. The van der Waals surface area contributed by atoms with Crippen LogP contribution >= 0.6 is 0 Å². The molecular formula is C43H70N4O4. The minimum Gasteiger partial charge on any atom is -0.469 e. The van der Waals surface area contributed by atoms with Crippen LogP contribution in [0.4, 0.5) is 0 Å². The summed E-state index contributed by atoms with van der Waals surface area (Å²) in [5, 5.41) is 0. The molecule has 1 aliphatic heterocycles. The Morgan fingerprint density at radius 3 is 1.16 bits per heavy atom. The van der Waals surface area contributed by atoms with Crippen LogP contribution in [0.15, 0.2) is 48.5 Å². The Morgan fingerprint density at radius 1 is 0.569 bits per heavy atom. The molecule has 4 N–H and O–H groups in total. The Hall–Kier alpha value is -3.94. The monoisotopic (exact) mass is 707 g/mol. The fraction of sp³-hybridized carbons (Fsp3) is 0.581. The SMILES string of the molecule is C.C.C.C.CCC(C)(CC(C)(C)C(=O)OC)C(=O)OCC1(C)c2ccc([nH]2)C(C)(C)c2ccc([nH]2)C(C)(C)c2ccc([nH]2)C(C)(C)c2ccc1[nH]2. The van der Waals surface area contributed by atoms with Gasteiger partial charge >= 0.3 is 11.9 Å². The predicted molar refractivity (Wildman–Crippen MR) is 213 cm³/mol. The third-order valence-electron chi connectivity index (χ3n) is 11.3. The number of carbonyl (C=O) groups excluding carboxylic acids is 2. The maximum atomic E-state index is 13.9. The zero-order valence-electron chi connectivity index (χ0n) is 30.4. The Morgan fingerprint density at radius 2 is 0.863 bits per heavy atom. The van der Waals surface area contributed by atoms with Crippen molar-refractivity contribution in [3.63, 3.8) is 0 Å². The van der Waals surface area contributed by atoms with Crippen LogP contribution in [0.2, 0.25) is 0 Å². The molecule has 1 atom stereocenters. The number of ether oxygens (including phenoxy) is 2. The summed E-state index contributed by atoms with van der Waals surface area (Å²) in [6, 6.07) is 17.2. The number of aromatic nitrogens is 4. The molecule has 0 aliphatic carbocycles. The average Bonchev–Trinajstić information content (AvgIpc) is 3.84. The van der Waals surface area contributed by atoms with Crippen molar-refractivity contribution in [2.45, 2.75) is 140 Å². The van der Waals surface area contributed by atoms with Crippen LogP contribution in [-0.2, 0) is 40.7 Å². The molecule has 8 heteroatoms. The quantitative estimate of drug-likeness (QED) is 0.143. The smallest absolute Gasteiger partial charge is 0.311 e. The highest BCUT2D eigenvalue weighted by Crippen LogP contribution is 2.43. The minimum absolute atomic E-state index is 0. The molecule has 0 aromatic carbocycles. The number of carbonyl (C=O) groups is 2. The van der Waals surface area contributed by atoms with Crippen LogP contribution in [0, 0.1) is 10.8 Å². The van der Waals surface area contributed by atoms with Gasteiger partial charge in [-0.05, 0) is 131 Å². The second kappa shape index (κ2) is 15.0. The molecule has 0 radical (unpaired) electrons. The van der Waals surface area contributed by atoms with E-state index in [1.807, 2.05) is 27.7 Å². The number of nitrogens with one attached hydrogen (secondary N) is 4. The molecule has 0 fully saturated rings. The number of rotatable bonds is 7. The van der Waals surface area contributed by atoms with Crippen LogP contribution in [0.3, 0.4) is 0 Å². The summed E-state index contributed by atoms with van der Waals surface area (Å²) in [6.07, 6.45) is 0.838. The summed E-state index contributed by atoms with van der Waals surface area (Å²) in [4.78, 5) is 41.5. The molecule has 5 rings (SSSR count). The maximum Gasteiger partial charge on any atom is 0.311 e. The molecule has 51 heavy (non-hydrogen) atoms. The third kappa shape index (κ3) is 7.52. The van der Waals surface area contributed by atoms with Crippen molar-refractivity contribution in [3.05, 3.63) is 94.1 Å². The molecule has 4 aromatic rings. The average molecular weight is 707 g/mol. The van der Waals surface area contributed by atoms with E-state index >= 15 is 0 Å². The van der Waals surface area contributed by atoms with Crippen LogP contribution < -0.4 is 0 Å². The highest BCUT2D eigenvalue weighted by atomic mass is 16.5. The van der Waals surface area contributed by atoms with Gasteiger partial charge in [0.1, 0.15) is 6.61 Å². The van der Waals surface area contributed by atoms with Crippen LogP contribution in [-0.4, -0.2) is 45.6 Å². The summed E-state index contributed by atoms with van der Waals surface area (Å²) >= 11 is 0. The molecule has 0 saturated heterocycles. The van der Waals surface area contributed by atoms with Crippen molar-refractivity contribution in [2.75, 3.05) is 13.7 Å². The summed E-state index contributed by atoms with van der Waals surface area (Å²) < 4.78 is 11.3. The summed E-state index contributed by atoms with van der Waals surface area (Å²) in [5.41, 5.74) is 5.06. The molecular weight excluding hydrogens is 636 g/mol. The number of aromatic amines is 4. The minimum atomic E-state index is -0.872. The number of methoxy groups -OCH3 is 1. The topological polar surface area (TPSA) is 116 Å². The van der Waals surface area contributed by atoms with Crippen molar-refractivity contribution in [3.8, 4) is 0 Å². The number of esters is 2. The van der Waals surface area contributed by atoms with Gasteiger partial charge in [0.2, 0.25) is 0 Å². The van der Waals surface area contributed by atoms with Gasteiger partial charge < -0.3 is 29.4 Å². The largest absolute Gasteiger partial charge is 0.469 e. The number of fused-ring (bicyclic) bond motifs is 8. The van der Waals surface area contributed by atoms with E-state index in [0.717, 1.165) is 45.6 Å². The van der Waals surface area contributed by atoms with E-state index in [1.165, 1.54) is 7.11 Å². The first-order chi connectivity index (χ1) is 21.7. The molecule has 4 aromatic heterocycles. The van der Waals surface area contributed by atoms with Gasteiger partial charge in [-0.3, -0.25) is 9.59 Å². The first kappa shape index (κ1) is 45.1. The van der Waals surface area contributed by atoms with E-state index in [9.17, 15) is 9.59 Å². The van der Waals surface area contributed by atoms with Crippen molar-refractivity contribution in [1.29, 1.82) is 0 Å². The van der Waals surface area contributed by atoms with E-state index < -0.39 is 16.2 Å². The summed E-state index contributed by atoms with van der Waals surface area (Å²) in [5.74, 6) is -0.672. The Balaban J connectivity index is 0.00000325. The first-order valence-electron chi connectivity index (χ1n) is 16.8. The fourth-order valence-electron chi connectivity index (χ4n) is 7.20. The van der Waals surface area contributed by atoms with Crippen molar-refractivity contribution < 1.29 is 19.1 Å². The molecule has 1 aliphatic rings. The number of hydrogen-bond acceptors (Lipinski definition) is 4. The number of H-pyrrole nitrogens is 4. The van der Waals surface area contributed by atoms with E-state index in [0.29, 0.717) is 12.8 Å². The van der Waals surface area contributed by atoms with Gasteiger partial charge in [-0.15, -0.1) is 0 Å². The normalized spacial score (nSPS) is 17.6. The lowest BCUT2D eigenvalue weighted by Gasteiger charge is -2.35. The van der Waals surface area contributed by atoms with Gasteiger partial charge in [-0.1, -0.05) is 36.6 Å². The Bertz CT molecular complexity index is 1680. The molecule has 0 saturated carbocycles. The van der Waals surface area contributed by atoms with Gasteiger partial charge in [0.25, 0.3) is 0 Å². The lowest BCUT2D eigenvalue weighted by molar-refractivity contribution is -0.162. The molecule has 0 spiro atoms. The molecule has 0 amide bonds. The van der Waals surface area contributed by atoms with Gasteiger partial charge in [-0.25, -0.2) is 0 Å². The van der Waals surface area contributed by atoms with Gasteiger partial charge in [-0.2, -0.15) is 0 Å².